The minimum absolute atomic E-state index is 0.156. The lowest BCUT2D eigenvalue weighted by Crippen LogP contribution is -2.44. The van der Waals surface area contributed by atoms with Gasteiger partial charge in [-0.05, 0) is 43.4 Å². The van der Waals surface area contributed by atoms with E-state index in [1.165, 1.54) is 6.42 Å². The summed E-state index contributed by atoms with van der Waals surface area (Å²) >= 11 is 0. The molecule has 0 bridgehead atoms. The lowest BCUT2D eigenvalue weighted by molar-refractivity contribution is -0.132. The number of nitrogens with one attached hydrogen (secondary N) is 1. The monoisotopic (exact) mass is 325 g/mol. The Labute approximate surface area is 142 Å². The first-order valence-corrected chi connectivity index (χ1v) is 8.73. The van der Waals surface area contributed by atoms with Gasteiger partial charge in [-0.3, -0.25) is 4.79 Å². The van der Waals surface area contributed by atoms with Crippen molar-refractivity contribution in [3.05, 3.63) is 42.3 Å². The van der Waals surface area contributed by atoms with Gasteiger partial charge >= 0.3 is 0 Å². The summed E-state index contributed by atoms with van der Waals surface area (Å²) in [4.78, 5) is 19.0. The highest BCUT2D eigenvalue weighted by Gasteiger charge is 2.38. The molecule has 0 unspecified atom stereocenters. The van der Waals surface area contributed by atoms with Crippen molar-refractivity contribution in [3.63, 3.8) is 0 Å². The Kier molecular flexibility index (Phi) is 4.10. The van der Waals surface area contributed by atoms with Crippen molar-refractivity contribution < 1.29 is 9.21 Å². The average molecular weight is 325 g/mol. The molecule has 1 N–H and O–H groups in total. The van der Waals surface area contributed by atoms with E-state index in [1.807, 2.05) is 35.2 Å². The first kappa shape index (κ1) is 15.4. The predicted octanol–water partition coefficient (Wildman–Crippen LogP) is 2.49. The maximum atomic E-state index is 12.5. The van der Waals surface area contributed by atoms with Crippen LogP contribution in [-0.2, 0) is 11.2 Å². The highest BCUT2D eigenvalue weighted by atomic mass is 16.3. The second kappa shape index (κ2) is 6.40. The Bertz CT molecular complexity index is 694. The fraction of sp³-hybridized carbons (Fsp3) is 0.474. The number of likely N-dealkylation sites (tertiary alicyclic amines) is 1. The molecule has 4 rings (SSSR count). The van der Waals surface area contributed by atoms with Gasteiger partial charge in [-0.1, -0.05) is 18.2 Å². The maximum absolute atomic E-state index is 12.5. The van der Waals surface area contributed by atoms with Crippen molar-refractivity contribution in [1.29, 1.82) is 0 Å². The molecule has 0 aliphatic carbocycles. The van der Waals surface area contributed by atoms with Gasteiger partial charge in [0.15, 0.2) is 0 Å². The van der Waals surface area contributed by atoms with Crippen molar-refractivity contribution in [1.82, 2.24) is 15.2 Å². The first-order valence-electron chi connectivity index (χ1n) is 8.73. The zero-order chi connectivity index (χ0) is 16.4. The fourth-order valence-electron chi connectivity index (χ4n) is 3.82. The molecule has 126 valence electrons. The van der Waals surface area contributed by atoms with Crippen molar-refractivity contribution in [2.45, 2.75) is 25.7 Å². The van der Waals surface area contributed by atoms with Gasteiger partial charge in [-0.2, -0.15) is 0 Å². The van der Waals surface area contributed by atoms with Gasteiger partial charge in [-0.25, -0.2) is 4.98 Å². The number of carbonyl (C=O) groups excluding carboxylic acids is 1. The van der Waals surface area contributed by atoms with E-state index in [2.05, 4.69) is 10.3 Å². The minimum Gasteiger partial charge on any atom is -0.444 e. The molecule has 1 spiro atoms. The van der Waals surface area contributed by atoms with E-state index in [-0.39, 0.29) is 5.91 Å². The Balaban J connectivity index is 1.36. The number of rotatable bonds is 3. The molecular weight excluding hydrogens is 302 g/mol. The Morgan fingerprint density at radius 3 is 2.71 bits per heavy atom. The van der Waals surface area contributed by atoms with Gasteiger partial charge in [0.1, 0.15) is 6.26 Å². The number of aromatic nitrogens is 1. The van der Waals surface area contributed by atoms with E-state index in [0.29, 0.717) is 23.4 Å². The Morgan fingerprint density at radius 1 is 1.21 bits per heavy atom. The number of benzene rings is 1. The summed E-state index contributed by atoms with van der Waals surface area (Å²) < 4.78 is 5.52. The Morgan fingerprint density at radius 2 is 2.00 bits per heavy atom. The number of hydrogen-bond acceptors (Lipinski definition) is 4. The van der Waals surface area contributed by atoms with Gasteiger partial charge in [-0.15, -0.1) is 0 Å². The standard InChI is InChI=1S/C19H23N3O2/c23-17(22-10-7-19(8-11-22)6-9-20-14-19)12-16-13-24-18(21-16)15-4-2-1-3-5-15/h1-5,13,20H,6-12,14H2. The quantitative estimate of drug-likeness (QED) is 0.942. The molecule has 1 aromatic carbocycles. The molecule has 2 aliphatic heterocycles. The molecular formula is C19H23N3O2. The highest BCUT2D eigenvalue weighted by molar-refractivity contribution is 5.78. The third-order valence-corrected chi connectivity index (χ3v) is 5.41. The smallest absolute Gasteiger partial charge is 0.228 e. The van der Waals surface area contributed by atoms with E-state index in [0.717, 1.165) is 44.6 Å². The molecule has 2 saturated heterocycles. The van der Waals surface area contributed by atoms with Crippen molar-refractivity contribution in [2.24, 2.45) is 5.41 Å². The van der Waals surface area contributed by atoms with Crippen LogP contribution in [0.2, 0.25) is 0 Å². The minimum atomic E-state index is 0.156. The second-order valence-corrected chi connectivity index (χ2v) is 6.99. The number of piperidine rings is 1. The molecule has 24 heavy (non-hydrogen) atoms. The molecule has 0 radical (unpaired) electrons. The molecule has 2 fully saturated rings. The molecule has 1 aromatic heterocycles. The van der Waals surface area contributed by atoms with Gasteiger partial charge in [0.2, 0.25) is 11.8 Å². The largest absolute Gasteiger partial charge is 0.444 e. The lowest BCUT2D eigenvalue weighted by atomic mass is 9.78. The number of oxazole rings is 1. The zero-order valence-corrected chi connectivity index (χ0v) is 13.8. The van der Waals surface area contributed by atoms with Crippen LogP contribution in [0.4, 0.5) is 0 Å². The fourth-order valence-corrected chi connectivity index (χ4v) is 3.82. The topological polar surface area (TPSA) is 58.4 Å². The van der Waals surface area contributed by atoms with Crippen LogP contribution in [0.1, 0.15) is 25.0 Å². The number of carbonyl (C=O) groups is 1. The predicted molar refractivity (Wildman–Crippen MR) is 91.4 cm³/mol. The van der Waals surface area contributed by atoms with Crippen LogP contribution in [-0.4, -0.2) is 42.0 Å². The van der Waals surface area contributed by atoms with E-state index < -0.39 is 0 Å². The number of hydrogen-bond donors (Lipinski definition) is 1. The number of amides is 1. The van der Waals surface area contributed by atoms with Gasteiger partial charge in [0.05, 0.1) is 12.1 Å². The lowest BCUT2D eigenvalue weighted by Gasteiger charge is -2.38. The second-order valence-electron chi connectivity index (χ2n) is 6.99. The molecule has 0 atom stereocenters. The van der Waals surface area contributed by atoms with Gasteiger partial charge in [0.25, 0.3) is 0 Å². The number of nitrogens with zero attached hydrogens (tertiary/aromatic N) is 2. The summed E-state index contributed by atoms with van der Waals surface area (Å²) in [6, 6.07) is 9.77. The van der Waals surface area contributed by atoms with Gasteiger partial charge < -0.3 is 14.6 Å². The third-order valence-electron chi connectivity index (χ3n) is 5.41. The summed E-state index contributed by atoms with van der Waals surface area (Å²) in [5.74, 6) is 0.733. The normalized spacial score (nSPS) is 19.8. The Hall–Kier alpha value is -2.14. The summed E-state index contributed by atoms with van der Waals surface area (Å²) in [6.45, 7) is 3.96. The average Bonchev–Trinajstić information content (AvgIpc) is 3.26. The van der Waals surface area contributed by atoms with E-state index in [4.69, 9.17) is 4.42 Å². The van der Waals surface area contributed by atoms with Crippen LogP contribution in [0.15, 0.2) is 41.0 Å². The van der Waals surface area contributed by atoms with Crippen LogP contribution >= 0.6 is 0 Å². The van der Waals surface area contributed by atoms with Crippen LogP contribution in [0.3, 0.4) is 0 Å². The van der Waals surface area contributed by atoms with Crippen molar-refractivity contribution >= 4 is 5.91 Å². The zero-order valence-electron chi connectivity index (χ0n) is 13.8. The molecule has 2 aromatic rings. The first-order chi connectivity index (χ1) is 11.7. The summed E-state index contributed by atoms with van der Waals surface area (Å²) in [5, 5.41) is 3.46. The molecule has 2 aliphatic rings. The van der Waals surface area contributed by atoms with Crippen molar-refractivity contribution in [3.8, 4) is 11.5 Å². The van der Waals surface area contributed by atoms with Crippen LogP contribution in [0.5, 0.6) is 0 Å². The van der Waals surface area contributed by atoms with Crippen LogP contribution in [0.25, 0.3) is 11.5 Å². The highest BCUT2D eigenvalue weighted by Crippen LogP contribution is 2.37. The molecule has 1 amide bonds. The molecule has 5 heteroatoms. The van der Waals surface area contributed by atoms with E-state index >= 15 is 0 Å². The van der Waals surface area contributed by atoms with Crippen LogP contribution in [0, 0.1) is 5.41 Å². The summed E-state index contributed by atoms with van der Waals surface area (Å²) in [7, 11) is 0. The molecule has 0 saturated carbocycles. The third kappa shape index (κ3) is 3.08. The van der Waals surface area contributed by atoms with E-state index in [9.17, 15) is 4.79 Å². The van der Waals surface area contributed by atoms with E-state index in [1.54, 1.807) is 6.26 Å². The van der Waals surface area contributed by atoms with Crippen LogP contribution < -0.4 is 5.32 Å². The summed E-state index contributed by atoms with van der Waals surface area (Å²) in [5.41, 5.74) is 2.08. The van der Waals surface area contributed by atoms with Crippen molar-refractivity contribution in [2.75, 3.05) is 26.2 Å². The SMILES string of the molecule is O=C(Cc1coc(-c2ccccc2)n1)N1CCC2(CCNC2)CC1. The van der Waals surface area contributed by atoms with Gasteiger partial charge in [0, 0.05) is 25.2 Å². The molecule has 3 heterocycles. The maximum Gasteiger partial charge on any atom is 0.228 e. The molecule has 5 nitrogen and oxygen atoms in total. The summed E-state index contributed by atoms with van der Waals surface area (Å²) in [6.07, 6.45) is 5.40.